The minimum absolute atomic E-state index is 0.784. The van der Waals surface area contributed by atoms with Crippen LogP contribution in [0.25, 0.3) is 0 Å². The van der Waals surface area contributed by atoms with Crippen LogP contribution in [0.1, 0.15) is 11.4 Å². The molecular formula is C13H16N4. The SMILES string of the molecule is Cc1nccc(N(C)Cc2ccc(N)cc2)n1. The molecule has 0 fully saturated rings. The summed E-state index contributed by atoms with van der Waals surface area (Å²) in [7, 11) is 2.01. The van der Waals surface area contributed by atoms with E-state index in [1.54, 1.807) is 6.20 Å². The molecule has 17 heavy (non-hydrogen) atoms. The lowest BCUT2D eigenvalue weighted by atomic mass is 10.2. The third-order valence-electron chi connectivity index (χ3n) is 2.55. The fourth-order valence-electron chi connectivity index (χ4n) is 1.63. The molecule has 0 aliphatic carbocycles. The minimum Gasteiger partial charge on any atom is -0.399 e. The molecule has 0 aliphatic rings. The molecule has 0 atom stereocenters. The molecular weight excluding hydrogens is 212 g/mol. The number of rotatable bonds is 3. The van der Waals surface area contributed by atoms with Crippen LogP contribution in [-0.2, 0) is 6.54 Å². The van der Waals surface area contributed by atoms with Crippen molar-refractivity contribution in [2.75, 3.05) is 17.7 Å². The van der Waals surface area contributed by atoms with Gasteiger partial charge >= 0.3 is 0 Å². The van der Waals surface area contributed by atoms with Crippen molar-refractivity contribution in [2.45, 2.75) is 13.5 Å². The van der Waals surface area contributed by atoms with Crippen LogP contribution in [0.2, 0.25) is 0 Å². The van der Waals surface area contributed by atoms with E-state index in [-0.39, 0.29) is 0 Å². The van der Waals surface area contributed by atoms with Gasteiger partial charge in [-0.15, -0.1) is 0 Å². The number of nitrogen functional groups attached to an aromatic ring is 1. The van der Waals surface area contributed by atoms with E-state index in [1.807, 2.05) is 44.3 Å². The largest absolute Gasteiger partial charge is 0.399 e. The molecule has 0 unspecified atom stereocenters. The number of aryl methyl sites for hydroxylation is 1. The number of benzene rings is 1. The third-order valence-corrected chi connectivity index (χ3v) is 2.55. The van der Waals surface area contributed by atoms with Crippen LogP contribution in [0, 0.1) is 6.92 Å². The minimum atomic E-state index is 0.784. The predicted octanol–water partition coefficient (Wildman–Crippen LogP) is 2.00. The molecule has 4 nitrogen and oxygen atoms in total. The van der Waals surface area contributed by atoms with Crippen LogP contribution in [0.3, 0.4) is 0 Å². The van der Waals surface area contributed by atoms with Crippen LogP contribution < -0.4 is 10.6 Å². The Morgan fingerprint density at radius 1 is 1.18 bits per heavy atom. The summed E-state index contributed by atoms with van der Waals surface area (Å²) in [5.74, 6) is 1.71. The van der Waals surface area contributed by atoms with Crippen molar-refractivity contribution in [2.24, 2.45) is 0 Å². The van der Waals surface area contributed by atoms with E-state index >= 15 is 0 Å². The second kappa shape index (κ2) is 4.82. The highest BCUT2D eigenvalue weighted by Gasteiger charge is 2.03. The molecule has 1 aromatic carbocycles. The van der Waals surface area contributed by atoms with Gasteiger partial charge in [-0.25, -0.2) is 9.97 Å². The van der Waals surface area contributed by atoms with E-state index in [0.717, 1.165) is 23.9 Å². The Balaban J connectivity index is 2.11. The Labute approximate surface area is 101 Å². The van der Waals surface area contributed by atoms with Gasteiger partial charge in [-0.05, 0) is 30.7 Å². The molecule has 2 rings (SSSR count). The summed E-state index contributed by atoms with van der Waals surface area (Å²) in [5, 5.41) is 0. The smallest absolute Gasteiger partial charge is 0.132 e. The molecule has 1 heterocycles. The van der Waals surface area contributed by atoms with Gasteiger partial charge < -0.3 is 10.6 Å². The molecule has 0 bridgehead atoms. The number of hydrogen-bond acceptors (Lipinski definition) is 4. The zero-order chi connectivity index (χ0) is 12.3. The Morgan fingerprint density at radius 2 is 1.88 bits per heavy atom. The molecule has 1 aromatic heterocycles. The molecule has 2 N–H and O–H groups in total. The van der Waals surface area contributed by atoms with Crippen LogP contribution >= 0.6 is 0 Å². The first-order valence-electron chi connectivity index (χ1n) is 5.50. The van der Waals surface area contributed by atoms with Crippen LogP contribution in [0.15, 0.2) is 36.5 Å². The molecule has 2 aromatic rings. The zero-order valence-electron chi connectivity index (χ0n) is 10.1. The van der Waals surface area contributed by atoms with Crippen LogP contribution in [-0.4, -0.2) is 17.0 Å². The first-order chi connectivity index (χ1) is 8.15. The fraction of sp³-hybridized carbons (Fsp3) is 0.231. The van der Waals surface area contributed by atoms with E-state index in [4.69, 9.17) is 5.73 Å². The van der Waals surface area contributed by atoms with Crippen molar-refractivity contribution in [1.29, 1.82) is 0 Å². The second-order valence-electron chi connectivity index (χ2n) is 4.06. The van der Waals surface area contributed by atoms with Gasteiger partial charge in [-0.3, -0.25) is 0 Å². The molecule has 88 valence electrons. The topological polar surface area (TPSA) is 55.0 Å². The number of aromatic nitrogens is 2. The maximum absolute atomic E-state index is 5.65. The normalized spacial score (nSPS) is 10.2. The van der Waals surface area contributed by atoms with Crippen molar-refractivity contribution in [3.63, 3.8) is 0 Å². The van der Waals surface area contributed by atoms with E-state index in [9.17, 15) is 0 Å². The van der Waals surface area contributed by atoms with Crippen LogP contribution in [0.4, 0.5) is 11.5 Å². The van der Waals surface area contributed by atoms with Gasteiger partial charge in [-0.2, -0.15) is 0 Å². The Kier molecular flexibility index (Phi) is 3.23. The van der Waals surface area contributed by atoms with Gasteiger partial charge in [0.05, 0.1) is 0 Å². The summed E-state index contributed by atoms with van der Waals surface area (Å²) >= 11 is 0. The van der Waals surface area contributed by atoms with E-state index in [2.05, 4.69) is 14.9 Å². The Bertz CT molecular complexity index is 493. The lowest BCUT2D eigenvalue weighted by Gasteiger charge is -2.18. The van der Waals surface area contributed by atoms with Crippen LogP contribution in [0.5, 0.6) is 0 Å². The van der Waals surface area contributed by atoms with Gasteiger partial charge in [-0.1, -0.05) is 12.1 Å². The van der Waals surface area contributed by atoms with Gasteiger partial charge in [0.1, 0.15) is 11.6 Å². The van der Waals surface area contributed by atoms with Gasteiger partial charge in [0.2, 0.25) is 0 Å². The summed E-state index contributed by atoms with van der Waals surface area (Å²) in [6, 6.07) is 9.78. The molecule has 0 saturated carbocycles. The van der Waals surface area contributed by atoms with Crippen molar-refractivity contribution >= 4 is 11.5 Å². The third kappa shape index (κ3) is 2.93. The summed E-state index contributed by atoms with van der Waals surface area (Å²) < 4.78 is 0. The monoisotopic (exact) mass is 228 g/mol. The Morgan fingerprint density at radius 3 is 2.53 bits per heavy atom. The number of nitrogens with zero attached hydrogens (tertiary/aromatic N) is 3. The van der Waals surface area contributed by atoms with E-state index in [0.29, 0.717) is 0 Å². The fourth-order valence-corrected chi connectivity index (χ4v) is 1.63. The first kappa shape index (κ1) is 11.4. The molecule has 0 aliphatic heterocycles. The Hall–Kier alpha value is -2.10. The highest BCUT2D eigenvalue weighted by atomic mass is 15.2. The summed E-state index contributed by atoms with van der Waals surface area (Å²) in [6.45, 7) is 2.69. The van der Waals surface area contributed by atoms with E-state index in [1.165, 1.54) is 5.56 Å². The maximum atomic E-state index is 5.65. The molecule has 4 heteroatoms. The number of hydrogen-bond donors (Lipinski definition) is 1. The van der Waals surface area contributed by atoms with Gasteiger partial charge in [0.25, 0.3) is 0 Å². The molecule has 0 saturated heterocycles. The average Bonchev–Trinajstić information content (AvgIpc) is 2.32. The van der Waals surface area contributed by atoms with Crippen molar-refractivity contribution in [1.82, 2.24) is 9.97 Å². The lowest BCUT2D eigenvalue weighted by Crippen LogP contribution is -2.18. The molecule has 0 spiro atoms. The highest BCUT2D eigenvalue weighted by molar-refractivity contribution is 5.42. The summed E-state index contributed by atoms with van der Waals surface area (Å²) in [5.41, 5.74) is 7.65. The summed E-state index contributed by atoms with van der Waals surface area (Å²) in [6.07, 6.45) is 1.77. The lowest BCUT2D eigenvalue weighted by molar-refractivity contribution is 0.879. The highest BCUT2D eigenvalue weighted by Crippen LogP contribution is 2.13. The average molecular weight is 228 g/mol. The zero-order valence-corrected chi connectivity index (χ0v) is 10.1. The molecule has 0 radical (unpaired) electrons. The first-order valence-corrected chi connectivity index (χ1v) is 5.50. The molecule has 0 amide bonds. The van der Waals surface area contributed by atoms with E-state index < -0.39 is 0 Å². The maximum Gasteiger partial charge on any atom is 0.132 e. The van der Waals surface area contributed by atoms with Crippen molar-refractivity contribution in [3.8, 4) is 0 Å². The predicted molar refractivity (Wildman–Crippen MR) is 69.7 cm³/mol. The standard InChI is InChI=1S/C13H16N4/c1-10-15-8-7-13(16-10)17(2)9-11-3-5-12(14)6-4-11/h3-8H,9,14H2,1-2H3. The number of anilines is 2. The van der Waals surface area contributed by atoms with Gasteiger partial charge in [0, 0.05) is 25.5 Å². The quantitative estimate of drug-likeness (QED) is 0.816. The van der Waals surface area contributed by atoms with Gasteiger partial charge in [0.15, 0.2) is 0 Å². The summed E-state index contributed by atoms with van der Waals surface area (Å²) in [4.78, 5) is 10.5. The second-order valence-corrected chi connectivity index (χ2v) is 4.06. The van der Waals surface area contributed by atoms with Crippen molar-refractivity contribution in [3.05, 3.63) is 47.9 Å². The number of nitrogens with two attached hydrogens (primary N) is 1. The van der Waals surface area contributed by atoms with Crippen molar-refractivity contribution < 1.29 is 0 Å².